The van der Waals surface area contributed by atoms with Crippen LogP contribution in [0, 0.1) is 6.92 Å². The van der Waals surface area contributed by atoms with Crippen LogP contribution in [0.1, 0.15) is 29.9 Å². The molecule has 2 heterocycles. The minimum atomic E-state index is -0.216. The fourth-order valence-corrected chi connectivity index (χ4v) is 4.05. The van der Waals surface area contributed by atoms with Gasteiger partial charge in [-0.05, 0) is 32.6 Å². The smallest absolute Gasteiger partial charge is 0.349 e. The predicted octanol–water partition coefficient (Wildman–Crippen LogP) is 0.294. The number of aromatic nitrogens is 3. The highest BCUT2D eigenvalue weighted by Gasteiger charge is 2.21. The first-order chi connectivity index (χ1) is 12.9. The average Bonchev–Trinajstić information content (AvgIpc) is 3.03. The molecule has 0 fully saturated rings. The van der Waals surface area contributed by atoms with Gasteiger partial charge >= 0.3 is 5.69 Å². The summed E-state index contributed by atoms with van der Waals surface area (Å²) in [5.74, 6) is 1.02. The molecule has 2 N–H and O–H groups in total. The number of carbonyl (C=O) groups excluding carboxylic acids is 1. The number of thioether (sulfide) groups is 1. The van der Waals surface area contributed by atoms with Crippen LogP contribution in [0.2, 0.25) is 0 Å². The number of nitrogens with zero attached hydrogens (tertiary/aromatic N) is 3. The van der Waals surface area contributed by atoms with Gasteiger partial charge in [0.25, 0.3) is 0 Å². The second kappa shape index (κ2) is 8.71. The molecule has 8 nitrogen and oxygen atoms in total. The largest absolute Gasteiger partial charge is 0.360 e. The van der Waals surface area contributed by atoms with Crippen molar-refractivity contribution in [1.82, 2.24) is 14.7 Å². The summed E-state index contributed by atoms with van der Waals surface area (Å²) >= 11 is 1.32. The highest BCUT2D eigenvalue weighted by molar-refractivity contribution is 8.00. The van der Waals surface area contributed by atoms with Crippen molar-refractivity contribution < 1.29 is 14.2 Å². The summed E-state index contributed by atoms with van der Waals surface area (Å²) in [5.41, 5.74) is 2.01. The van der Waals surface area contributed by atoms with Crippen LogP contribution in [0.15, 0.2) is 20.4 Å². The topological polar surface area (TPSA) is 94.5 Å². The van der Waals surface area contributed by atoms with E-state index < -0.39 is 0 Å². The third-order valence-electron chi connectivity index (χ3n) is 4.52. The van der Waals surface area contributed by atoms with Gasteiger partial charge in [0.2, 0.25) is 5.91 Å². The van der Waals surface area contributed by atoms with Crippen molar-refractivity contribution in [2.75, 3.05) is 31.7 Å². The van der Waals surface area contributed by atoms with Gasteiger partial charge in [-0.2, -0.15) is 4.98 Å². The molecule has 1 amide bonds. The van der Waals surface area contributed by atoms with Crippen molar-refractivity contribution in [3.8, 4) is 0 Å². The van der Waals surface area contributed by atoms with Crippen molar-refractivity contribution in [3.63, 3.8) is 0 Å². The summed E-state index contributed by atoms with van der Waals surface area (Å²) in [4.78, 5) is 30.3. The normalized spacial score (nSPS) is 13.6. The van der Waals surface area contributed by atoms with E-state index in [0.29, 0.717) is 23.1 Å². The minimum Gasteiger partial charge on any atom is -0.360 e. The van der Waals surface area contributed by atoms with Crippen molar-refractivity contribution in [2.45, 2.75) is 44.2 Å². The molecule has 0 spiro atoms. The minimum absolute atomic E-state index is 0.177. The Morgan fingerprint density at radius 1 is 1.37 bits per heavy atom. The van der Waals surface area contributed by atoms with Crippen LogP contribution in [0.3, 0.4) is 0 Å². The molecule has 146 valence electrons. The molecule has 0 bridgehead atoms. The van der Waals surface area contributed by atoms with E-state index >= 15 is 0 Å². The molecule has 0 aliphatic heterocycles. The lowest BCUT2D eigenvalue weighted by atomic mass is 9.97. The van der Waals surface area contributed by atoms with Gasteiger partial charge in [-0.1, -0.05) is 16.9 Å². The molecular formula is C18H26N5O3S+. The van der Waals surface area contributed by atoms with Crippen LogP contribution in [0.4, 0.5) is 5.82 Å². The van der Waals surface area contributed by atoms with E-state index in [1.54, 1.807) is 13.0 Å². The van der Waals surface area contributed by atoms with Gasteiger partial charge < -0.3 is 14.7 Å². The number of hydrogen-bond donors (Lipinski definition) is 2. The molecule has 0 unspecified atom stereocenters. The fourth-order valence-electron chi connectivity index (χ4n) is 3.17. The van der Waals surface area contributed by atoms with Crippen LogP contribution < -0.4 is 15.9 Å². The fraction of sp³-hybridized carbons (Fsp3) is 0.556. The second-order valence-corrected chi connectivity index (χ2v) is 8.06. The van der Waals surface area contributed by atoms with Crippen LogP contribution in [0.25, 0.3) is 0 Å². The Labute approximate surface area is 162 Å². The monoisotopic (exact) mass is 392 g/mol. The molecule has 27 heavy (non-hydrogen) atoms. The summed E-state index contributed by atoms with van der Waals surface area (Å²) in [6.07, 6.45) is 3.98. The lowest BCUT2D eigenvalue weighted by molar-refractivity contribution is -0.859. The molecule has 2 aromatic rings. The van der Waals surface area contributed by atoms with E-state index in [4.69, 9.17) is 4.52 Å². The van der Waals surface area contributed by atoms with Gasteiger partial charge in [0, 0.05) is 17.3 Å². The highest BCUT2D eigenvalue weighted by atomic mass is 32.2. The zero-order chi connectivity index (χ0) is 19.4. The quantitative estimate of drug-likeness (QED) is 0.520. The van der Waals surface area contributed by atoms with Crippen molar-refractivity contribution in [2.24, 2.45) is 0 Å². The third kappa shape index (κ3) is 4.98. The Morgan fingerprint density at radius 2 is 2.15 bits per heavy atom. The number of hydrogen-bond acceptors (Lipinski definition) is 6. The Morgan fingerprint density at radius 3 is 2.85 bits per heavy atom. The number of aryl methyl sites for hydroxylation is 1. The Hall–Kier alpha value is -2.13. The number of fused-ring (bicyclic) bond motifs is 1. The summed E-state index contributed by atoms with van der Waals surface area (Å²) in [6.45, 7) is 3.31. The van der Waals surface area contributed by atoms with E-state index in [1.807, 2.05) is 4.57 Å². The summed E-state index contributed by atoms with van der Waals surface area (Å²) < 4.78 is 6.76. The maximum atomic E-state index is 12.6. The standard InChI is InChI=1S/C18H25N5O3S/c1-12-10-15(21-26-12)19-16(24)11-27-17-13-6-4-5-7-14(13)23(18(25)20-17)9-8-22(2)3/h10H,4-9,11H2,1-3H3,(H,19,21,24)/p+1. The average molecular weight is 393 g/mol. The summed E-state index contributed by atoms with van der Waals surface area (Å²) in [7, 11) is 4.15. The second-order valence-electron chi connectivity index (χ2n) is 7.10. The van der Waals surface area contributed by atoms with Gasteiger partial charge in [0.1, 0.15) is 10.8 Å². The number of carbonyl (C=O) groups is 1. The van der Waals surface area contributed by atoms with E-state index in [-0.39, 0.29) is 17.3 Å². The van der Waals surface area contributed by atoms with Crippen molar-refractivity contribution in [3.05, 3.63) is 33.6 Å². The molecule has 9 heteroatoms. The number of amides is 1. The predicted molar refractivity (Wildman–Crippen MR) is 103 cm³/mol. The first-order valence-corrected chi connectivity index (χ1v) is 10.2. The SMILES string of the molecule is Cc1cc(NC(=O)CSc2nc(=O)n(CC[NH+](C)C)c3c2CCCC3)no1. The van der Waals surface area contributed by atoms with E-state index in [1.165, 1.54) is 16.7 Å². The van der Waals surface area contributed by atoms with Crippen LogP contribution in [0.5, 0.6) is 0 Å². The van der Waals surface area contributed by atoms with Crippen LogP contribution in [-0.4, -0.2) is 47.0 Å². The van der Waals surface area contributed by atoms with Gasteiger partial charge in [-0.25, -0.2) is 4.79 Å². The number of anilines is 1. The van der Waals surface area contributed by atoms with Crippen LogP contribution >= 0.6 is 11.8 Å². The number of rotatable bonds is 7. The molecule has 0 aromatic carbocycles. The molecule has 0 atom stereocenters. The molecule has 2 aromatic heterocycles. The molecule has 0 saturated carbocycles. The molecule has 1 aliphatic rings. The zero-order valence-electron chi connectivity index (χ0n) is 16.0. The maximum absolute atomic E-state index is 12.6. The molecule has 1 aliphatic carbocycles. The van der Waals surface area contributed by atoms with Gasteiger partial charge in [-0.15, -0.1) is 0 Å². The number of quaternary nitrogens is 1. The molecular weight excluding hydrogens is 366 g/mol. The lowest BCUT2D eigenvalue weighted by Gasteiger charge is -2.22. The summed E-state index contributed by atoms with van der Waals surface area (Å²) in [5, 5.41) is 7.14. The molecule has 3 rings (SSSR count). The van der Waals surface area contributed by atoms with Gasteiger partial charge in [0.05, 0.1) is 32.9 Å². The van der Waals surface area contributed by atoms with E-state index in [2.05, 4.69) is 29.6 Å². The molecule has 0 saturated heterocycles. The Bertz CT molecular complexity index is 874. The summed E-state index contributed by atoms with van der Waals surface area (Å²) in [6, 6.07) is 1.66. The number of nitrogens with one attached hydrogen (secondary N) is 2. The Balaban J connectivity index is 1.74. The van der Waals surface area contributed by atoms with Crippen molar-refractivity contribution in [1.29, 1.82) is 0 Å². The first kappa shape index (κ1) is 19.6. The van der Waals surface area contributed by atoms with Crippen LogP contribution in [-0.2, 0) is 24.2 Å². The Kier molecular flexibility index (Phi) is 6.33. The third-order valence-corrected chi connectivity index (χ3v) is 5.54. The van der Waals surface area contributed by atoms with Gasteiger partial charge in [0.15, 0.2) is 5.82 Å². The number of likely N-dealkylation sites (N-methyl/N-ethyl adjacent to an activating group) is 1. The first-order valence-electron chi connectivity index (χ1n) is 9.21. The van der Waals surface area contributed by atoms with Crippen molar-refractivity contribution >= 4 is 23.5 Å². The van der Waals surface area contributed by atoms with Gasteiger partial charge in [-0.3, -0.25) is 9.36 Å². The maximum Gasteiger partial charge on any atom is 0.349 e. The highest BCUT2D eigenvalue weighted by Crippen LogP contribution is 2.28. The lowest BCUT2D eigenvalue weighted by Crippen LogP contribution is -3.06. The molecule has 0 radical (unpaired) electrons. The van der Waals surface area contributed by atoms with E-state index in [9.17, 15) is 9.59 Å². The zero-order valence-corrected chi connectivity index (χ0v) is 16.8. The van der Waals surface area contributed by atoms with E-state index in [0.717, 1.165) is 43.5 Å².